The number of hydrogen-bond donors (Lipinski definition) is 2. The SMILES string of the molecule is NS(=O)(=O)c1cccc(-c2cnc3ccccc3c2)c1-c1nnn[nH]1. The van der Waals surface area contributed by atoms with E-state index in [1.54, 1.807) is 18.3 Å². The summed E-state index contributed by atoms with van der Waals surface area (Å²) in [6, 6.07) is 14.4. The molecule has 0 bridgehead atoms. The summed E-state index contributed by atoms with van der Waals surface area (Å²) < 4.78 is 24.0. The van der Waals surface area contributed by atoms with Crippen LogP contribution in [0.15, 0.2) is 59.6 Å². The van der Waals surface area contributed by atoms with Crippen molar-refractivity contribution in [3.8, 4) is 22.5 Å². The van der Waals surface area contributed by atoms with Gasteiger partial charge in [0.25, 0.3) is 0 Å². The van der Waals surface area contributed by atoms with E-state index in [4.69, 9.17) is 5.14 Å². The fraction of sp³-hybridized carbons (Fsp3) is 0. The van der Waals surface area contributed by atoms with Gasteiger partial charge in [0.1, 0.15) is 0 Å². The van der Waals surface area contributed by atoms with Crippen molar-refractivity contribution in [2.45, 2.75) is 4.90 Å². The molecule has 2 aromatic heterocycles. The van der Waals surface area contributed by atoms with Gasteiger partial charge in [0.05, 0.1) is 10.4 Å². The number of tetrazole rings is 1. The number of pyridine rings is 1. The molecule has 0 aliphatic heterocycles. The van der Waals surface area contributed by atoms with E-state index in [9.17, 15) is 8.42 Å². The number of fused-ring (bicyclic) bond motifs is 1. The van der Waals surface area contributed by atoms with Crippen molar-refractivity contribution in [1.82, 2.24) is 25.6 Å². The smallest absolute Gasteiger partial charge is 0.238 e. The van der Waals surface area contributed by atoms with Crippen LogP contribution >= 0.6 is 0 Å². The maximum Gasteiger partial charge on any atom is 0.238 e. The van der Waals surface area contributed by atoms with E-state index in [0.29, 0.717) is 11.1 Å². The number of hydrogen-bond acceptors (Lipinski definition) is 6. The first-order valence-corrected chi connectivity index (χ1v) is 8.84. The molecule has 9 heteroatoms. The molecule has 0 aliphatic carbocycles. The molecular formula is C16H12N6O2S. The van der Waals surface area contributed by atoms with Crippen LogP contribution in [0.3, 0.4) is 0 Å². The Morgan fingerprint density at radius 2 is 1.88 bits per heavy atom. The second-order valence-electron chi connectivity index (χ2n) is 5.39. The van der Waals surface area contributed by atoms with E-state index in [0.717, 1.165) is 16.5 Å². The Kier molecular flexibility index (Phi) is 3.52. The van der Waals surface area contributed by atoms with Gasteiger partial charge in [-0.1, -0.05) is 30.3 Å². The van der Waals surface area contributed by atoms with Crippen LogP contribution in [-0.4, -0.2) is 34.0 Å². The number of nitrogens with zero attached hydrogens (tertiary/aromatic N) is 4. The molecule has 0 saturated carbocycles. The summed E-state index contributed by atoms with van der Waals surface area (Å²) in [5.74, 6) is 0.216. The molecule has 3 N–H and O–H groups in total. The van der Waals surface area contributed by atoms with E-state index < -0.39 is 10.0 Å². The highest BCUT2D eigenvalue weighted by Crippen LogP contribution is 2.35. The number of nitrogens with two attached hydrogens (primary N) is 1. The first-order valence-electron chi connectivity index (χ1n) is 7.29. The molecule has 0 radical (unpaired) electrons. The fourth-order valence-corrected chi connectivity index (χ4v) is 3.50. The molecule has 25 heavy (non-hydrogen) atoms. The molecule has 2 heterocycles. The van der Waals surface area contributed by atoms with Crippen LogP contribution in [0.1, 0.15) is 0 Å². The van der Waals surface area contributed by atoms with E-state index in [-0.39, 0.29) is 10.7 Å². The van der Waals surface area contributed by atoms with Crippen molar-refractivity contribution >= 4 is 20.9 Å². The number of nitrogens with one attached hydrogen (secondary N) is 1. The fourth-order valence-electron chi connectivity index (χ4n) is 2.74. The van der Waals surface area contributed by atoms with Crippen molar-refractivity contribution in [3.05, 3.63) is 54.7 Å². The average Bonchev–Trinajstić information content (AvgIpc) is 3.14. The van der Waals surface area contributed by atoms with Gasteiger partial charge in [-0.3, -0.25) is 4.98 Å². The van der Waals surface area contributed by atoms with Gasteiger partial charge in [0.2, 0.25) is 10.0 Å². The Labute approximate surface area is 142 Å². The van der Waals surface area contributed by atoms with Crippen LogP contribution in [0.5, 0.6) is 0 Å². The van der Waals surface area contributed by atoms with Gasteiger partial charge >= 0.3 is 0 Å². The molecule has 0 atom stereocenters. The Balaban J connectivity index is 2.04. The van der Waals surface area contributed by atoms with Crippen molar-refractivity contribution in [1.29, 1.82) is 0 Å². The summed E-state index contributed by atoms with van der Waals surface area (Å²) in [6.45, 7) is 0. The van der Waals surface area contributed by atoms with Crippen LogP contribution < -0.4 is 5.14 Å². The lowest BCUT2D eigenvalue weighted by molar-refractivity contribution is 0.598. The first kappa shape index (κ1) is 15.4. The quantitative estimate of drug-likeness (QED) is 0.578. The minimum absolute atomic E-state index is 0.0586. The predicted octanol–water partition coefficient (Wildman–Crippen LogP) is 1.73. The summed E-state index contributed by atoms with van der Waals surface area (Å²) in [5, 5.41) is 19.8. The predicted molar refractivity (Wildman–Crippen MR) is 91.7 cm³/mol. The first-order chi connectivity index (χ1) is 12.0. The molecule has 0 aliphatic rings. The van der Waals surface area contributed by atoms with E-state index >= 15 is 0 Å². The molecule has 4 aromatic rings. The number of rotatable bonds is 3. The van der Waals surface area contributed by atoms with Crippen LogP contribution in [0.25, 0.3) is 33.4 Å². The Bertz CT molecular complexity index is 1170. The zero-order chi connectivity index (χ0) is 17.4. The summed E-state index contributed by atoms with van der Waals surface area (Å²) in [7, 11) is -3.97. The van der Waals surface area contributed by atoms with Crippen LogP contribution in [0.2, 0.25) is 0 Å². The lowest BCUT2D eigenvalue weighted by Crippen LogP contribution is -2.14. The molecule has 0 amide bonds. The van der Waals surface area contributed by atoms with E-state index in [1.165, 1.54) is 6.07 Å². The molecule has 0 spiro atoms. The van der Waals surface area contributed by atoms with Crippen molar-refractivity contribution in [2.75, 3.05) is 0 Å². The number of benzene rings is 2. The summed E-state index contributed by atoms with van der Waals surface area (Å²) in [5.41, 5.74) is 2.50. The normalized spacial score (nSPS) is 11.7. The molecule has 124 valence electrons. The van der Waals surface area contributed by atoms with Gasteiger partial charge in [-0.2, -0.15) is 0 Å². The topological polar surface area (TPSA) is 128 Å². The Hall–Kier alpha value is -3.17. The van der Waals surface area contributed by atoms with Gasteiger partial charge < -0.3 is 0 Å². The minimum Gasteiger partial charge on any atom is -0.256 e. The van der Waals surface area contributed by atoms with Gasteiger partial charge in [-0.15, -0.1) is 5.10 Å². The summed E-state index contributed by atoms with van der Waals surface area (Å²) >= 11 is 0. The lowest BCUT2D eigenvalue weighted by atomic mass is 9.99. The van der Waals surface area contributed by atoms with E-state index in [2.05, 4.69) is 25.6 Å². The maximum absolute atomic E-state index is 12.0. The zero-order valence-electron chi connectivity index (χ0n) is 12.8. The molecule has 4 rings (SSSR count). The van der Waals surface area contributed by atoms with Crippen LogP contribution in [-0.2, 0) is 10.0 Å². The summed E-state index contributed by atoms with van der Waals surface area (Å²) in [4.78, 5) is 4.37. The van der Waals surface area contributed by atoms with Gasteiger partial charge in [0.15, 0.2) is 5.82 Å². The highest BCUT2D eigenvalue weighted by molar-refractivity contribution is 7.89. The van der Waals surface area contributed by atoms with Crippen molar-refractivity contribution < 1.29 is 8.42 Å². The molecule has 0 fully saturated rings. The highest BCUT2D eigenvalue weighted by Gasteiger charge is 2.22. The standard InChI is InChI=1S/C16H12N6O2S/c17-25(23,24)14-7-3-5-12(15(14)16-19-21-22-20-16)11-8-10-4-1-2-6-13(10)18-9-11/h1-9H,(H2,17,23,24)(H,19,20,21,22). The number of aromatic nitrogens is 5. The average molecular weight is 352 g/mol. The second kappa shape index (κ2) is 5.72. The van der Waals surface area contributed by atoms with Crippen LogP contribution in [0, 0.1) is 0 Å². The zero-order valence-corrected chi connectivity index (χ0v) is 13.6. The van der Waals surface area contributed by atoms with Crippen molar-refractivity contribution in [3.63, 3.8) is 0 Å². The van der Waals surface area contributed by atoms with Crippen molar-refractivity contribution in [2.24, 2.45) is 5.14 Å². The lowest BCUT2D eigenvalue weighted by Gasteiger charge is -2.12. The third-order valence-electron chi connectivity index (χ3n) is 3.82. The molecular weight excluding hydrogens is 340 g/mol. The Morgan fingerprint density at radius 1 is 1.04 bits per heavy atom. The molecule has 0 unspecified atom stereocenters. The number of aromatic amines is 1. The van der Waals surface area contributed by atoms with E-state index in [1.807, 2.05) is 30.3 Å². The van der Waals surface area contributed by atoms with Gasteiger partial charge in [0, 0.05) is 22.7 Å². The number of primary sulfonamides is 1. The number of H-pyrrole nitrogens is 1. The van der Waals surface area contributed by atoms with Gasteiger partial charge in [-0.25, -0.2) is 18.7 Å². The van der Waals surface area contributed by atoms with Crippen LogP contribution in [0.4, 0.5) is 0 Å². The summed E-state index contributed by atoms with van der Waals surface area (Å²) in [6.07, 6.45) is 1.68. The minimum atomic E-state index is -3.97. The highest BCUT2D eigenvalue weighted by atomic mass is 32.2. The monoisotopic (exact) mass is 352 g/mol. The Morgan fingerprint density at radius 3 is 2.64 bits per heavy atom. The maximum atomic E-state index is 12.0. The number of para-hydroxylation sites is 1. The second-order valence-corrected chi connectivity index (χ2v) is 6.92. The third-order valence-corrected chi connectivity index (χ3v) is 4.77. The van der Waals surface area contributed by atoms with Gasteiger partial charge in [-0.05, 0) is 34.2 Å². The molecule has 2 aromatic carbocycles. The molecule has 0 saturated heterocycles. The number of sulfonamides is 1. The molecule has 8 nitrogen and oxygen atoms in total. The third kappa shape index (κ3) is 2.75. The largest absolute Gasteiger partial charge is 0.256 e.